The fourth-order valence-corrected chi connectivity index (χ4v) is 3.12. The van der Waals surface area contributed by atoms with E-state index < -0.39 is 0 Å². The van der Waals surface area contributed by atoms with Gasteiger partial charge in [-0.05, 0) is 43.2 Å². The Balaban J connectivity index is 1.97. The predicted octanol–water partition coefficient (Wildman–Crippen LogP) is 4.15. The summed E-state index contributed by atoms with van der Waals surface area (Å²) in [5.74, 6) is -0.0434. The lowest BCUT2D eigenvalue weighted by molar-refractivity contribution is -0.114. The molecule has 22 heavy (non-hydrogen) atoms. The van der Waals surface area contributed by atoms with Gasteiger partial charge in [0.15, 0.2) is 0 Å². The number of fused-ring (bicyclic) bond motifs is 1. The quantitative estimate of drug-likeness (QED) is 0.862. The van der Waals surface area contributed by atoms with Crippen LogP contribution < -0.4 is 10.2 Å². The molecule has 1 aliphatic rings. The predicted molar refractivity (Wildman–Crippen MR) is 91.0 cm³/mol. The maximum Gasteiger partial charge on any atom is 0.250 e. The zero-order chi connectivity index (χ0) is 15.5. The zero-order valence-electron chi connectivity index (χ0n) is 12.7. The minimum absolute atomic E-state index is 0.0434. The molecule has 2 aromatic rings. The van der Waals surface area contributed by atoms with E-state index >= 15 is 0 Å². The Morgan fingerprint density at radius 3 is 2.59 bits per heavy atom. The molecule has 3 heteroatoms. The van der Waals surface area contributed by atoms with E-state index in [0.29, 0.717) is 0 Å². The molecule has 0 spiro atoms. The van der Waals surface area contributed by atoms with Crippen LogP contribution in [0.3, 0.4) is 0 Å². The maximum absolute atomic E-state index is 12.2. The molecule has 3 nitrogen and oxygen atoms in total. The Kier molecular flexibility index (Phi) is 3.96. The SMILES string of the molecule is C=CC(=O)N1c2ccccc2[C@H](Nc2ccccc2)C[C@H]1C. The first-order chi connectivity index (χ1) is 10.7. The van der Waals surface area contributed by atoms with Gasteiger partial charge in [-0.2, -0.15) is 0 Å². The molecular weight excluding hydrogens is 272 g/mol. The van der Waals surface area contributed by atoms with Gasteiger partial charge in [-0.1, -0.05) is 43.0 Å². The van der Waals surface area contributed by atoms with Crippen LogP contribution in [0.25, 0.3) is 0 Å². The average molecular weight is 292 g/mol. The maximum atomic E-state index is 12.2. The molecule has 1 heterocycles. The van der Waals surface area contributed by atoms with Crippen molar-refractivity contribution in [3.05, 3.63) is 72.8 Å². The second-order valence-corrected chi connectivity index (χ2v) is 5.62. The van der Waals surface area contributed by atoms with Gasteiger partial charge in [0.05, 0.1) is 6.04 Å². The lowest BCUT2D eigenvalue weighted by atomic mass is 9.91. The van der Waals surface area contributed by atoms with E-state index in [9.17, 15) is 4.79 Å². The zero-order valence-corrected chi connectivity index (χ0v) is 12.7. The molecule has 2 aromatic carbocycles. The lowest BCUT2D eigenvalue weighted by Gasteiger charge is -2.39. The third kappa shape index (κ3) is 2.62. The molecule has 1 amide bonds. The first kappa shape index (κ1) is 14.4. The Hall–Kier alpha value is -2.55. The topological polar surface area (TPSA) is 32.3 Å². The van der Waals surface area contributed by atoms with Gasteiger partial charge in [0.25, 0.3) is 5.91 Å². The van der Waals surface area contributed by atoms with Crippen LogP contribution in [-0.4, -0.2) is 11.9 Å². The Labute approximate surface area is 131 Å². The van der Waals surface area contributed by atoms with E-state index in [-0.39, 0.29) is 18.0 Å². The highest BCUT2D eigenvalue weighted by Crippen LogP contribution is 2.38. The normalized spacial score (nSPS) is 20.1. The van der Waals surface area contributed by atoms with Crippen LogP contribution in [0.2, 0.25) is 0 Å². The third-order valence-electron chi connectivity index (χ3n) is 4.12. The van der Waals surface area contributed by atoms with Crippen LogP contribution in [0, 0.1) is 0 Å². The molecule has 2 atom stereocenters. The lowest BCUT2D eigenvalue weighted by Crippen LogP contribution is -2.43. The van der Waals surface area contributed by atoms with Gasteiger partial charge < -0.3 is 10.2 Å². The third-order valence-corrected chi connectivity index (χ3v) is 4.12. The number of carbonyl (C=O) groups is 1. The molecule has 0 saturated carbocycles. The van der Waals surface area contributed by atoms with Gasteiger partial charge in [0.1, 0.15) is 0 Å². The highest BCUT2D eigenvalue weighted by Gasteiger charge is 2.32. The van der Waals surface area contributed by atoms with E-state index in [4.69, 9.17) is 0 Å². The number of amides is 1. The number of benzene rings is 2. The first-order valence-electron chi connectivity index (χ1n) is 7.57. The van der Waals surface area contributed by atoms with Crippen molar-refractivity contribution in [2.45, 2.75) is 25.4 Å². The van der Waals surface area contributed by atoms with Crippen LogP contribution in [-0.2, 0) is 4.79 Å². The van der Waals surface area contributed by atoms with Gasteiger partial charge in [-0.3, -0.25) is 4.79 Å². The number of nitrogens with one attached hydrogen (secondary N) is 1. The molecule has 112 valence electrons. The smallest absolute Gasteiger partial charge is 0.250 e. The number of hydrogen-bond acceptors (Lipinski definition) is 2. The average Bonchev–Trinajstić information content (AvgIpc) is 2.55. The number of para-hydroxylation sites is 2. The number of rotatable bonds is 3. The summed E-state index contributed by atoms with van der Waals surface area (Å²) >= 11 is 0. The summed E-state index contributed by atoms with van der Waals surface area (Å²) in [6, 6.07) is 18.6. The standard InChI is InChI=1S/C19H20N2O/c1-3-19(22)21-14(2)13-17(16-11-7-8-12-18(16)21)20-15-9-5-4-6-10-15/h3-12,14,17,20H,1,13H2,2H3/t14-,17-/m1/s1. The molecule has 0 fully saturated rings. The largest absolute Gasteiger partial charge is 0.378 e. The number of carbonyl (C=O) groups excluding carboxylic acids is 1. The molecule has 0 bridgehead atoms. The van der Waals surface area contributed by atoms with Gasteiger partial charge in [0.2, 0.25) is 0 Å². The molecular formula is C19H20N2O. The molecule has 3 rings (SSSR count). The summed E-state index contributed by atoms with van der Waals surface area (Å²) in [7, 11) is 0. The summed E-state index contributed by atoms with van der Waals surface area (Å²) < 4.78 is 0. The molecule has 1 aliphatic heterocycles. The summed E-state index contributed by atoms with van der Waals surface area (Å²) in [5, 5.41) is 3.58. The van der Waals surface area contributed by atoms with Crippen molar-refractivity contribution in [3.8, 4) is 0 Å². The van der Waals surface area contributed by atoms with Gasteiger partial charge in [-0.15, -0.1) is 0 Å². The fraction of sp³-hybridized carbons (Fsp3) is 0.211. The van der Waals surface area contributed by atoms with Crippen molar-refractivity contribution in [1.82, 2.24) is 0 Å². The van der Waals surface area contributed by atoms with Crippen LogP contribution in [0.1, 0.15) is 24.9 Å². The first-order valence-corrected chi connectivity index (χ1v) is 7.57. The van der Waals surface area contributed by atoms with Crippen LogP contribution in [0.15, 0.2) is 67.3 Å². The molecule has 0 saturated heterocycles. The van der Waals surface area contributed by atoms with Crippen LogP contribution in [0.4, 0.5) is 11.4 Å². The Bertz CT molecular complexity index is 681. The van der Waals surface area contributed by atoms with Gasteiger partial charge >= 0.3 is 0 Å². The highest BCUT2D eigenvalue weighted by molar-refractivity contribution is 6.02. The van der Waals surface area contributed by atoms with Crippen molar-refractivity contribution >= 4 is 17.3 Å². The van der Waals surface area contributed by atoms with Crippen molar-refractivity contribution in [2.24, 2.45) is 0 Å². The van der Waals surface area contributed by atoms with E-state index in [1.165, 1.54) is 6.08 Å². The monoisotopic (exact) mass is 292 g/mol. The van der Waals surface area contributed by atoms with E-state index in [1.54, 1.807) is 0 Å². The van der Waals surface area contributed by atoms with Crippen molar-refractivity contribution in [3.63, 3.8) is 0 Å². The van der Waals surface area contributed by atoms with Crippen molar-refractivity contribution < 1.29 is 4.79 Å². The van der Waals surface area contributed by atoms with Crippen LogP contribution >= 0.6 is 0 Å². The van der Waals surface area contributed by atoms with E-state index in [0.717, 1.165) is 23.4 Å². The second kappa shape index (κ2) is 6.06. The summed E-state index contributed by atoms with van der Waals surface area (Å²) in [5.41, 5.74) is 3.22. The summed E-state index contributed by atoms with van der Waals surface area (Å²) in [6.07, 6.45) is 2.25. The van der Waals surface area contributed by atoms with E-state index in [1.807, 2.05) is 41.3 Å². The molecule has 0 unspecified atom stereocenters. The molecule has 1 N–H and O–H groups in total. The minimum atomic E-state index is -0.0434. The van der Waals surface area contributed by atoms with Gasteiger partial charge in [-0.25, -0.2) is 0 Å². The van der Waals surface area contributed by atoms with Crippen molar-refractivity contribution in [2.75, 3.05) is 10.2 Å². The Morgan fingerprint density at radius 2 is 1.86 bits per heavy atom. The molecule has 0 aliphatic carbocycles. The Morgan fingerprint density at radius 1 is 1.18 bits per heavy atom. The number of nitrogens with zero attached hydrogens (tertiary/aromatic N) is 1. The molecule has 0 aromatic heterocycles. The summed E-state index contributed by atoms with van der Waals surface area (Å²) in [4.78, 5) is 14.0. The summed E-state index contributed by atoms with van der Waals surface area (Å²) in [6.45, 7) is 5.70. The minimum Gasteiger partial charge on any atom is -0.378 e. The fourth-order valence-electron chi connectivity index (χ4n) is 3.12. The van der Waals surface area contributed by atoms with Crippen LogP contribution in [0.5, 0.6) is 0 Å². The van der Waals surface area contributed by atoms with E-state index in [2.05, 4.69) is 37.0 Å². The van der Waals surface area contributed by atoms with Gasteiger partial charge in [0, 0.05) is 17.4 Å². The number of anilines is 2. The molecule has 0 radical (unpaired) electrons. The second-order valence-electron chi connectivity index (χ2n) is 5.62. The number of hydrogen-bond donors (Lipinski definition) is 1. The highest BCUT2D eigenvalue weighted by atomic mass is 16.2. The van der Waals surface area contributed by atoms with Crippen molar-refractivity contribution in [1.29, 1.82) is 0 Å².